The zero-order valence-electron chi connectivity index (χ0n) is 6.85. The van der Waals surface area contributed by atoms with E-state index >= 15 is 0 Å². The van der Waals surface area contributed by atoms with Crippen molar-refractivity contribution in [1.82, 2.24) is 5.01 Å². The van der Waals surface area contributed by atoms with Gasteiger partial charge in [0.15, 0.2) is 0 Å². The van der Waals surface area contributed by atoms with Gasteiger partial charge in [0.25, 0.3) is 5.91 Å². The summed E-state index contributed by atoms with van der Waals surface area (Å²) in [4.78, 5) is 22.0. The molecule has 0 spiro atoms. The van der Waals surface area contributed by atoms with Gasteiger partial charge in [-0.1, -0.05) is 5.22 Å². The molecule has 0 saturated carbocycles. The average Bonchev–Trinajstić information content (AvgIpc) is 2.34. The molecule has 6 heteroatoms. The second kappa shape index (κ2) is 3.29. The summed E-state index contributed by atoms with van der Waals surface area (Å²) in [6, 6.07) is -1.09. The van der Waals surface area contributed by atoms with Crippen LogP contribution in [0.25, 0.3) is 0 Å². The van der Waals surface area contributed by atoms with E-state index in [4.69, 9.17) is 0 Å². The molecule has 6 nitrogen and oxygen atoms in total. The van der Waals surface area contributed by atoms with Crippen molar-refractivity contribution in [3.63, 3.8) is 0 Å². The van der Waals surface area contributed by atoms with Crippen LogP contribution in [0.3, 0.4) is 0 Å². The lowest BCUT2D eigenvalue weighted by Gasteiger charge is -2.04. The molecule has 1 aliphatic heterocycles. The van der Waals surface area contributed by atoms with Gasteiger partial charge in [-0.3, -0.25) is 4.79 Å². The predicted molar refractivity (Wildman–Crippen MR) is 38.0 cm³/mol. The molecule has 1 heterocycles. The summed E-state index contributed by atoms with van der Waals surface area (Å²) >= 11 is 0. The van der Waals surface area contributed by atoms with Crippen molar-refractivity contribution < 1.29 is 14.3 Å². The second-order valence-corrected chi connectivity index (χ2v) is 2.22. The lowest BCUT2D eigenvalue weighted by Crippen LogP contribution is -2.33. The Morgan fingerprint density at radius 2 is 2.42 bits per heavy atom. The fourth-order valence-electron chi connectivity index (χ4n) is 0.769. The maximum absolute atomic E-state index is 11.1. The molecule has 0 aromatic heterocycles. The Balaban J connectivity index is 2.60. The molecule has 1 aliphatic rings. The molecule has 0 saturated heterocycles. The highest BCUT2D eigenvalue weighted by atomic mass is 16.5. The molecule has 1 amide bonds. The second-order valence-electron chi connectivity index (χ2n) is 2.22. The van der Waals surface area contributed by atoms with E-state index < -0.39 is 17.9 Å². The van der Waals surface area contributed by atoms with Crippen molar-refractivity contribution >= 4 is 11.9 Å². The van der Waals surface area contributed by atoms with Crippen LogP contribution in [-0.4, -0.2) is 36.6 Å². The minimum atomic E-state index is -1.09. The van der Waals surface area contributed by atoms with Crippen LogP contribution in [0, 0.1) is 0 Å². The van der Waals surface area contributed by atoms with Crippen molar-refractivity contribution in [1.29, 1.82) is 0 Å². The molecule has 1 unspecified atom stereocenters. The number of hydrogen-bond donors (Lipinski definition) is 0. The number of carbonyl (C=O) groups excluding carboxylic acids is 2. The van der Waals surface area contributed by atoms with E-state index in [9.17, 15) is 9.59 Å². The summed E-state index contributed by atoms with van der Waals surface area (Å²) in [5.74, 6) is -1.09. The van der Waals surface area contributed by atoms with Gasteiger partial charge in [-0.2, -0.15) is 0 Å². The first-order chi connectivity index (χ1) is 5.66. The van der Waals surface area contributed by atoms with E-state index in [0.717, 1.165) is 5.01 Å². The Morgan fingerprint density at radius 1 is 1.75 bits per heavy atom. The third-order valence-electron chi connectivity index (χ3n) is 1.36. The highest BCUT2D eigenvalue weighted by Gasteiger charge is 2.35. The standard InChI is InChI=1S/C6H9N3O3/c1-3-12-6(11)4-5(10)9(2)8-7-4/h4H,3H2,1-2H3. The van der Waals surface area contributed by atoms with Crippen LogP contribution in [0.4, 0.5) is 0 Å². The van der Waals surface area contributed by atoms with Gasteiger partial charge in [-0.05, 0) is 6.92 Å². The van der Waals surface area contributed by atoms with Crippen molar-refractivity contribution in [2.24, 2.45) is 10.3 Å². The van der Waals surface area contributed by atoms with Crippen molar-refractivity contribution in [3.05, 3.63) is 0 Å². The monoisotopic (exact) mass is 171 g/mol. The van der Waals surface area contributed by atoms with Crippen LogP contribution in [0.15, 0.2) is 10.3 Å². The van der Waals surface area contributed by atoms with E-state index in [0.29, 0.717) is 0 Å². The molecule has 66 valence electrons. The SMILES string of the molecule is CCOC(=O)C1N=NN(C)C1=O. The lowest BCUT2D eigenvalue weighted by atomic mass is 10.3. The number of carbonyl (C=O) groups is 2. The quantitative estimate of drug-likeness (QED) is 0.425. The first kappa shape index (κ1) is 8.63. The van der Waals surface area contributed by atoms with Crippen LogP contribution in [0.1, 0.15) is 6.92 Å². The van der Waals surface area contributed by atoms with E-state index in [2.05, 4.69) is 15.1 Å². The van der Waals surface area contributed by atoms with Gasteiger partial charge in [0.2, 0.25) is 6.04 Å². The van der Waals surface area contributed by atoms with Crippen molar-refractivity contribution in [2.45, 2.75) is 13.0 Å². The van der Waals surface area contributed by atoms with Gasteiger partial charge in [-0.25, -0.2) is 9.80 Å². The van der Waals surface area contributed by atoms with Crippen LogP contribution < -0.4 is 0 Å². The largest absolute Gasteiger partial charge is 0.464 e. The van der Waals surface area contributed by atoms with Gasteiger partial charge in [0.05, 0.1) is 6.61 Å². The van der Waals surface area contributed by atoms with E-state index in [-0.39, 0.29) is 6.61 Å². The van der Waals surface area contributed by atoms with Crippen LogP contribution in [0.5, 0.6) is 0 Å². The van der Waals surface area contributed by atoms with Crippen molar-refractivity contribution in [2.75, 3.05) is 13.7 Å². The van der Waals surface area contributed by atoms with Gasteiger partial charge in [0.1, 0.15) is 0 Å². The first-order valence-electron chi connectivity index (χ1n) is 3.51. The van der Waals surface area contributed by atoms with Gasteiger partial charge >= 0.3 is 5.97 Å². The zero-order valence-corrected chi connectivity index (χ0v) is 6.85. The van der Waals surface area contributed by atoms with Gasteiger partial charge < -0.3 is 4.74 Å². The highest BCUT2D eigenvalue weighted by Crippen LogP contribution is 2.09. The fraction of sp³-hybridized carbons (Fsp3) is 0.667. The zero-order chi connectivity index (χ0) is 9.14. The summed E-state index contributed by atoms with van der Waals surface area (Å²) in [5, 5.41) is 7.87. The number of likely N-dealkylation sites (N-methyl/N-ethyl adjacent to an activating group) is 1. The first-order valence-corrected chi connectivity index (χ1v) is 3.51. The molecule has 0 fully saturated rings. The smallest absolute Gasteiger partial charge is 0.342 e. The number of hydrogen-bond acceptors (Lipinski definition) is 5. The minimum Gasteiger partial charge on any atom is -0.464 e. The molecule has 0 bridgehead atoms. The molecular formula is C6H9N3O3. The minimum absolute atomic E-state index is 0.238. The Morgan fingerprint density at radius 3 is 2.83 bits per heavy atom. The maximum Gasteiger partial charge on any atom is 0.342 e. The number of nitrogens with zero attached hydrogens (tertiary/aromatic N) is 3. The van der Waals surface area contributed by atoms with Crippen LogP contribution in [0.2, 0.25) is 0 Å². The third kappa shape index (κ3) is 1.41. The molecule has 0 radical (unpaired) electrons. The summed E-state index contributed by atoms with van der Waals surface area (Å²) in [6.07, 6.45) is 0. The third-order valence-corrected chi connectivity index (χ3v) is 1.36. The molecule has 0 aliphatic carbocycles. The van der Waals surface area contributed by atoms with Crippen LogP contribution >= 0.6 is 0 Å². The molecular weight excluding hydrogens is 162 g/mol. The normalized spacial score (nSPS) is 21.7. The number of rotatable bonds is 2. The Kier molecular flexibility index (Phi) is 2.37. The van der Waals surface area contributed by atoms with E-state index in [1.54, 1.807) is 6.92 Å². The van der Waals surface area contributed by atoms with E-state index in [1.165, 1.54) is 7.05 Å². The van der Waals surface area contributed by atoms with Gasteiger partial charge in [0, 0.05) is 7.05 Å². The molecule has 0 aromatic carbocycles. The number of amides is 1. The van der Waals surface area contributed by atoms with Crippen LogP contribution in [-0.2, 0) is 14.3 Å². The molecule has 0 aromatic rings. The maximum atomic E-state index is 11.1. The number of ether oxygens (including phenoxy) is 1. The summed E-state index contributed by atoms with van der Waals surface area (Å²) < 4.78 is 4.60. The lowest BCUT2D eigenvalue weighted by molar-refractivity contribution is -0.148. The average molecular weight is 171 g/mol. The Labute approximate surface area is 69.2 Å². The van der Waals surface area contributed by atoms with Crippen molar-refractivity contribution in [3.8, 4) is 0 Å². The molecule has 0 N–H and O–H groups in total. The number of esters is 1. The fourth-order valence-corrected chi connectivity index (χ4v) is 0.769. The highest BCUT2D eigenvalue weighted by molar-refractivity contribution is 6.02. The summed E-state index contributed by atoms with van der Waals surface area (Å²) in [5.41, 5.74) is 0. The molecule has 12 heavy (non-hydrogen) atoms. The van der Waals surface area contributed by atoms with E-state index in [1.807, 2.05) is 0 Å². The predicted octanol–water partition coefficient (Wildman–Crippen LogP) is -0.243. The Hall–Kier alpha value is -1.46. The molecule has 1 rings (SSSR count). The Bertz CT molecular complexity index is 238. The summed E-state index contributed by atoms with van der Waals surface area (Å²) in [7, 11) is 1.44. The molecule has 1 atom stereocenters. The summed E-state index contributed by atoms with van der Waals surface area (Å²) in [6.45, 7) is 1.90. The van der Waals surface area contributed by atoms with Gasteiger partial charge in [-0.15, -0.1) is 5.11 Å². The topological polar surface area (TPSA) is 71.3 Å².